The van der Waals surface area contributed by atoms with Gasteiger partial charge in [0.25, 0.3) is 0 Å². The van der Waals surface area contributed by atoms with Crippen LogP contribution in [-0.4, -0.2) is 29.8 Å². The zero-order valence-corrected chi connectivity index (χ0v) is 10.5. The lowest BCUT2D eigenvalue weighted by Crippen LogP contribution is -2.24. The van der Waals surface area contributed by atoms with E-state index in [4.69, 9.17) is 10.5 Å². The molecule has 18 heavy (non-hydrogen) atoms. The first-order valence-corrected chi connectivity index (χ1v) is 5.42. The maximum absolute atomic E-state index is 11.6. The van der Waals surface area contributed by atoms with Gasteiger partial charge in [-0.15, -0.1) is 0 Å². The number of hydrogen-bond acceptors (Lipinski definition) is 4. The minimum atomic E-state index is -0.747. The van der Waals surface area contributed by atoms with E-state index in [-0.39, 0.29) is 0 Å². The van der Waals surface area contributed by atoms with Gasteiger partial charge in [-0.2, -0.15) is 5.10 Å². The Balaban J connectivity index is 2.97. The summed E-state index contributed by atoms with van der Waals surface area (Å²) in [7, 11) is 0. The van der Waals surface area contributed by atoms with Gasteiger partial charge in [-0.25, -0.2) is 15.0 Å². The predicted molar refractivity (Wildman–Crippen MR) is 66.5 cm³/mol. The normalized spacial score (nSPS) is 10.6. The summed E-state index contributed by atoms with van der Waals surface area (Å²) in [5, 5.41) is 3.66. The Morgan fingerprint density at radius 3 is 2.72 bits per heavy atom. The number of nitrogens with two attached hydrogens (primary N) is 1. The van der Waals surface area contributed by atoms with E-state index in [1.54, 1.807) is 20.8 Å². The van der Waals surface area contributed by atoms with E-state index >= 15 is 0 Å². The Morgan fingerprint density at radius 1 is 1.50 bits per heavy atom. The van der Waals surface area contributed by atoms with Crippen LogP contribution in [0, 0.1) is 13.8 Å². The first-order chi connectivity index (χ1) is 8.47. The maximum Gasteiger partial charge on any atom is 0.355 e. The minimum absolute atomic E-state index is 0.309. The van der Waals surface area contributed by atoms with Gasteiger partial charge in [0.1, 0.15) is 5.69 Å². The van der Waals surface area contributed by atoms with Crippen molar-refractivity contribution in [1.29, 1.82) is 0 Å². The van der Waals surface area contributed by atoms with Crippen LogP contribution in [0.4, 0.5) is 4.79 Å². The summed E-state index contributed by atoms with van der Waals surface area (Å²) in [6, 6.07) is -0.747. The van der Waals surface area contributed by atoms with Gasteiger partial charge in [-0.1, -0.05) is 0 Å². The van der Waals surface area contributed by atoms with Gasteiger partial charge >= 0.3 is 12.0 Å². The van der Waals surface area contributed by atoms with E-state index in [1.807, 2.05) is 0 Å². The second-order valence-corrected chi connectivity index (χ2v) is 3.62. The highest BCUT2D eigenvalue weighted by Gasteiger charge is 2.17. The fourth-order valence-electron chi connectivity index (χ4n) is 1.53. The standard InChI is InChI=1S/C11H16N4O3/c1-4-18-10(16)9-6(2)8(7(3)14-9)5-13-15-11(12)17/h5,14H,4H2,1-3H3,(H3,12,15,17)/b13-5+. The van der Waals surface area contributed by atoms with Crippen LogP contribution in [-0.2, 0) is 4.74 Å². The van der Waals surface area contributed by atoms with Crippen molar-refractivity contribution in [3.8, 4) is 0 Å². The Kier molecular flexibility index (Phi) is 4.47. The molecule has 1 rings (SSSR count). The summed E-state index contributed by atoms with van der Waals surface area (Å²) < 4.78 is 4.92. The van der Waals surface area contributed by atoms with E-state index in [0.29, 0.717) is 23.4 Å². The number of hydrazone groups is 1. The highest BCUT2D eigenvalue weighted by Crippen LogP contribution is 2.16. The number of primary amides is 1. The van der Waals surface area contributed by atoms with Crippen molar-refractivity contribution >= 4 is 18.2 Å². The third-order valence-electron chi connectivity index (χ3n) is 2.34. The van der Waals surface area contributed by atoms with Gasteiger partial charge < -0.3 is 15.5 Å². The van der Waals surface area contributed by atoms with Crippen molar-refractivity contribution in [3.63, 3.8) is 0 Å². The van der Waals surface area contributed by atoms with Gasteiger partial charge in [0.2, 0.25) is 0 Å². The summed E-state index contributed by atoms with van der Waals surface area (Å²) in [5.41, 5.74) is 9.53. The van der Waals surface area contributed by atoms with Crippen molar-refractivity contribution in [1.82, 2.24) is 10.4 Å². The zero-order chi connectivity index (χ0) is 13.7. The number of aryl methyl sites for hydroxylation is 1. The molecule has 1 aromatic rings. The average Bonchev–Trinajstić information content (AvgIpc) is 2.56. The SMILES string of the molecule is CCOC(=O)c1[nH]c(C)c(/C=N/NC(N)=O)c1C. The molecule has 0 saturated heterocycles. The quantitative estimate of drug-likeness (QED) is 0.419. The van der Waals surface area contributed by atoms with Crippen molar-refractivity contribution in [3.05, 3.63) is 22.5 Å². The monoisotopic (exact) mass is 252 g/mol. The minimum Gasteiger partial charge on any atom is -0.461 e. The third kappa shape index (κ3) is 3.09. The molecule has 1 aromatic heterocycles. The van der Waals surface area contributed by atoms with Crippen LogP contribution in [0.1, 0.15) is 34.2 Å². The van der Waals surface area contributed by atoms with Crippen LogP contribution in [0.5, 0.6) is 0 Å². The van der Waals surface area contributed by atoms with E-state index in [2.05, 4.69) is 15.5 Å². The summed E-state index contributed by atoms with van der Waals surface area (Å²) in [6.07, 6.45) is 1.43. The molecule has 0 aliphatic carbocycles. The molecule has 0 fully saturated rings. The van der Waals surface area contributed by atoms with Crippen LogP contribution < -0.4 is 11.2 Å². The van der Waals surface area contributed by atoms with Crippen LogP contribution in [0.2, 0.25) is 0 Å². The fraction of sp³-hybridized carbons (Fsp3) is 0.364. The second-order valence-electron chi connectivity index (χ2n) is 3.62. The first-order valence-electron chi connectivity index (χ1n) is 5.42. The number of urea groups is 1. The molecular formula is C11H16N4O3. The fourth-order valence-corrected chi connectivity index (χ4v) is 1.53. The van der Waals surface area contributed by atoms with Crippen LogP contribution in [0.3, 0.4) is 0 Å². The highest BCUT2D eigenvalue weighted by molar-refractivity contribution is 5.94. The van der Waals surface area contributed by atoms with Gasteiger partial charge in [-0.05, 0) is 26.3 Å². The lowest BCUT2D eigenvalue weighted by molar-refractivity contribution is 0.0519. The number of carbonyl (C=O) groups is 2. The number of amides is 2. The van der Waals surface area contributed by atoms with Gasteiger partial charge in [0.05, 0.1) is 12.8 Å². The molecule has 7 nitrogen and oxygen atoms in total. The van der Waals surface area contributed by atoms with Crippen molar-refractivity contribution in [2.75, 3.05) is 6.61 Å². The van der Waals surface area contributed by atoms with Crippen LogP contribution >= 0.6 is 0 Å². The molecule has 1 heterocycles. The Bertz CT molecular complexity index is 491. The van der Waals surface area contributed by atoms with E-state index in [9.17, 15) is 9.59 Å². The molecule has 2 amide bonds. The number of nitrogens with zero attached hydrogens (tertiary/aromatic N) is 1. The summed E-state index contributed by atoms with van der Waals surface area (Å²) in [5.74, 6) is -0.416. The Hall–Kier alpha value is -2.31. The molecule has 0 atom stereocenters. The number of esters is 1. The molecule has 0 spiro atoms. The number of ether oxygens (including phenoxy) is 1. The maximum atomic E-state index is 11.6. The molecule has 7 heteroatoms. The average molecular weight is 252 g/mol. The highest BCUT2D eigenvalue weighted by atomic mass is 16.5. The first kappa shape index (κ1) is 13.8. The summed E-state index contributed by atoms with van der Waals surface area (Å²) in [6.45, 7) is 5.61. The van der Waals surface area contributed by atoms with Crippen molar-refractivity contribution in [2.45, 2.75) is 20.8 Å². The number of carbonyl (C=O) groups excluding carboxylic acids is 2. The molecule has 0 aromatic carbocycles. The van der Waals surface area contributed by atoms with E-state index in [1.165, 1.54) is 6.21 Å². The van der Waals surface area contributed by atoms with Crippen LogP contribution in [0.25, 0.3) is 0 Å². The van der Waals surface area contributed by atoms with Crippen LogP contribution in [0.15, 0.2) is 5.10 Å². The smallest absolute Gasteiger partial charge is 0.355 e. The molecule has 0 bridgehead atoms. The molecular weight excluding hydrogens is 236 g/mol. The Labute approximate surface area is 104 Å². The largest absolute Gasteiger partial charge is 0.461 e. The third-order valence-corrected chi connectivity index (χ3v) is 2.34. The molecule has 4 N–H and O–H groups in total. The lowest BCUT2D eigenvalue weighted by Gasteiger charge is -2.00. The number of rotatable bonds is 4. The molecule has 0 unspecified atom stereocenters. The summed E-state index contributed by atoms with van der Waals surface area (Å²) in [4.78, 5) is 25.0. The predicted octanol–water partition coefficient (Wildman–Crippen LogP) is 0.810. The number of aromatic amines is 1. The molecule has 0 aliphatic rings. The number of hydrogen-bond donors (Lipinski definition) is 3. The van der Waals surface area contributed by atoms with Gasteiger partial charge in [0, 0.05) is 11.3 Å². The van der Waals surface area contributed by atoms with Crippen molar-refractivity contribution < 1.29 is 14.3 Å². The van der Waals surface area contributed by atoms with E-state index in [0.717, 1.165) is 5.69 Å². The van der Waals surface area contributed by atoms with Gasteiger partial charge in [-0.3, -0.25) is 0 Å². The number of H-pyrrole nitrogens is 1. The topological polar surface area (TPSA) is 110 Å². The van der Waals surface area contributed by atoms with Crippen molar-refractivity contribution in [2.24, 2.45) is 10.8 Å². The molecule has 0 saturated carbocycles. The lowest BCUT2D eigenvalue weighted by atomic mass is 10.1. The molecule has 98 valence electrons. The zero-order valence-electron chi connectivity index (χ0n) is 10.5. The van der Waals surface area contributed by atoms with Gasteiger partial charge in [0.15, 0.2) is 0 Å². The summed E-state index contributed by atoms with van der Waals surface area (Å²) >= 11 is 0. The second kappa shape index (κ2) is 5.85. The number of aromatic nitrogens is 1. The Morgan fingerprint density at radius 2 is 2.17 bits per heavy atom. The molecule has 0 aliphatic heterocycles. The van der Waals surface area contributed by atoms with E-state index < -0.39 is 12.0 Å². The number of nitrogens with one attached hydrogen (secondary N) is 2. The molecule has 0 radical (unpaired) electrons.